The average molecular weight is 353 g/mol. The molecular formula is C21H23NO4. The van der Waals surface area contributed by atoms with Crippen molar-refractivity contribution in [1.29, 1.82) is 0 Å². The minimum absolute atomic E-state index is 0.0840. The maximum atomic E-state index is 10.6. The molecule has 3 atom stereocenters. The lowest BCUT2D eigenvalue weighted by Gasteiger charge is -2.36. The summed E-state index contributed by atoms with van der Waals surface area (Å²) < 4.78 is 12.2. The summed E-state index contributed by atoms with van der Waals surface area (Å²) in [5.41, 5.74) is 2.03. The van der Waals surface area contributed by atoms with Crippen molar-refractivity contribution >= 4 is 5.97 Å². The molecule has 1 N–H and O–H groups in total. The fraction of sp³-hybridized carbons (Fsp3) is 0.333. The summed E-state index contributed by atoms with van der Waals surface area (Å²) in [6.45, 7) is 0.572. The number of carboxylic acids is 1. The van der Waals surface area contributed by atoms with Gasteiger partial charge < -0.3 is 14.6 Å². The van der Waals surface area contributed by atoms with Crippen LogP contribution in [0.25, 0.3) is 0 Å². The quantitative estimate of drug-likeness (QED) is 0.752. The van der Waals surface area contributed by atoms with Gasteiger partial charge in [-0.3, -0.25) is 9.78 Å². The molecule has 5 nitrogen and oxygen atoms in total. The van der Waals surface area contributed by atoms with Gasteiger partial charge in [-0.15, -0.1) is 0 Å². The van der Waals surface area contributed by atoms with E-state index in [9.17, 15) is 4.79 Å². The van der Waals surface area contributed by atoms with Gasteiger partial charge in [0.2, 0.25) is 0 Å². The number of benzene rings is 1. The molecule has 1 saturated heterocycles. The molecule has 0 amide bonds. The molecule has 2 heterocycles. The zero-order chi connectivity index (χ0) is 18.2. The van der Waals surface area contributed by atoms with Crippen molar-refractivity contribution < 1.29 is 19.4 Å². The van der Waals surface area contributed by atoms with Gasteiger partial charge in [0.1, 0.15) is 0 Å². The van der Waals surface area contributed by atoms with Crippen LogP contribution < -0.4 is 0 Å². The van der Waals surface area contributed by atoms with Crippen LogP contribution >= 0.6 is 0 Å². The minimum atomic E-state index is -0.777. The second kappa shape index (κ2) is 9.27. The molecule has 5 heteroatoms. The van der Waals surface area contributed by atoms with Crippen LogP contribution in [0.1, 0.15) is 42.8 Å². The Morgan fingerprint density at radius 1 is 1.15 bits per heavy atom. The Morgan fingerprint density at radius 2 is 1.96 bits per heavy atom. The van der Waals surface area contributed by atoms with Gasteiger partial charge in [-0.1, -0.05) is 48.6 Å². The highest BCUT2D eigenvalue weighted by molar-refractivity contribution is 5.66. The second-order valence-corrected chi connectivity index (χ2v) is 6.32. The Labute approximate surface area is 153 Å². The van der Waals surface area contributed by atoms with Crippen molar-refractivity contribution in [3.05, 3.63) is 78.1 Å². The SMILES string of the molecule is O=C(O)CC/C=C/C[C@@H]1CO[C@H](c2cccnc2)O[C@@H]1c1ccccc1. The summed E-state index contributed by atoms with van der Waals surface area (Å²) in [7, 11) is 0. The molecule has 0 spiro atoms. The van der Waals surface area contributed by atoms with Crippen molar-refractivity contribution in [1.82, 2.24) is 4.98 Å². The Morgan fingerprint density at radius 3 is 2.69 bits per heavy atom. The smallest absolute Gasteiger partial charge is 0.303 e. The number of aliphatic carboxylic acids is 1. The van der Waals surface area contributed by atoms with E-state index in [0.29, 0.717) is 13.0 Å². The third-order valence-electron chi connectivity index (χ3n) is 4.38. The van der Waals surface area contributed by atoms with Gasteiger partial charge in [0.05, 0.1) is 12.7 Å². The van der Waals surface area contributed by atoms with E-state index < -0.39 is 12.3 Å². The van der Waals surface area contributed by atoms with E-state index in [0.717, 1.165) is 17.5 Å². The summed E-state index contributed by atoms with van der Waals surface area (Å²) in [6.07, 6.45) is 8.39. The van der Waals surface area contributed by atoms with Crippen LogP contribution in [0.4, 0.5) is 0 Å². The molecule has 1 aliphatic heterocycles. The molecule has 1 fully saturated rings. The van der Waals surface area contributed by atoms with Crippen molar-refractivity contribution in [3.8, 4) is 0 Å². The van der Waals surface area contributed by atoms with Crippen LogP contribution in [0.2, 0.25) is 0 Å². The largest absolute Gasteiger partial charge is 0.481 e. The normalized spacial score (nSPS) is 23.2. The number of hydrogen-bond acceptors (Lipinski definition) is 4. The first-order valence-electron chi connectivity index (χ1n) is 8.83. The van der Waals surface area contributed by atoms with E-state index in [1.165, 1.54) is 0 Å². The van der Waals surface area contributed by atoms with E-state index in [4.69, 9.17) is 14.6 Å². The summed E-state index contributed by atoms with van der Waals surface area (Å²) in [5, 5.41) is 8.71. The summed E-state index contributed by atoms with van der Waals surface area (Å²) in [6, 6.07) is 14.0. The van der Waals surface area contributed by atoms with Crippen molar-refractivity contribution in [2.24, 2.45) is 5.92 Å². The fourth-order valence-corrected chi connectivity index (χ4v) is 3.05. The third-order valence-corrected chi connectivity index (χ3v) is 4.38. The minimum Gasteiger partial charge on any atom is -0.481 e. The number of nitrogens with zero attached hydrogens (tertiary/aromatic N) is 1. The van der Waals surface area contributed by atoms with Crippen molar-refractivity contribution in [3.63, 3.8) is 0 Å². The topological polar surface area (TPSA) is 68.7 Å². The first kappa shape index (κ1) is 18.3. The van der Waals surface area contributed by atoms with Crippen molar-refractivity contribution in [2.75, 3.05) is 6.61 Å². The van der Waals surface area contributed by atoms with Gasteiger partial charge in [0.15, 0.2) is 6.29 Å². The number of carboxylic acid groups (broad SMARTS) is 1. The van der Waals surface area contributed by atoms with Crippen molar-refractivity contribution in [2.45, 2.75) is 31.7 Å². The zero-order valence-corrected chi connectivity index (χ0v) is 14.5. The van der Waals surface area contributed by atoms with Crippen LogP contribution in [0.5, 0.6) is 0 Å². The predicted molar refractivity (Wildman–Crippen MR) is 97.3 cm³/mol. The van der Waals surface area contributed by atoms with Gasteiger partial charge in [0.25, 0.3) is 0 Å². The Balaban J connectivity index is 1.69. The van der Waals surface area contributed by atoms with Gasteiger partial charge >= 0.3 is 5.97 Å². The number of hydrogen-bond donors (Lipinski definition) is 1. The maximum Gasteiger partial charge on any atom is 0.303 e. The Bertz CT molecular complexity index is 717. The van der Waals surface area contributed by atoms with Crippen LogP contribution in [0, 0.1) is 5.92 Å². The molecule has 0 bridgehead atoms. The first-order valence-corrected chi connectivity index (χ1v) is 8.83. The second-order valence-electron chi connectivity index (χ2n) is 6.32. The van der Waals surface area contributed by atoms with Crippen LogP contribution in [-0.2, 0) is 14.3 Å². The predicted octanol–water partition coefficient (Wildman–Crippen LogP) is 4.30. The van der Waals surface area contributed by atoms with Crippen LogP contribution in [-0.4, -0.2) is 22.7 Å². The molecule has 1 aromatic heterocycles. The van der Waals surface area contributed by atoms with Crippen LogP contribution in [0.3, 0.4) is 0 Å². The average Bonchev–Trinajstić information content (AvgIpc) is 2.69. The molecule has 26 heavy (non-hydrogen) atoms. The number of allylic oxidation sites excluding steroid dienone is 2. The van der Waals surface area contributed by atoms with E-state index in [-0.39, 0.29) is 18.4 Å². The Hall–Kier alpha value is -2.50. The molecule has 136 valence electrons. The van der Waals surface area contributed by atoms with Gasteiger partial charge in [0, 0.05) is 30.3 Å². The molecular weight excluding hydrogens is 330 g/mol. The summed E-state index contributed by atoms with van der Waals surface area (Å²) in [4.78, 5) is 14.7. The third kappa shape index (κ3) is 5.00. The van der Waals surface area contributed by atoms with Gasteiger partial charge in [-0.05, 0) is 24.5 Å². The van der Waals surface area contributed by atoms with E-state index in [1.807, 2.05) is 42.5 Å². The summed E-state index contributed by atoms with van der Waals surface area (Å²) in [5.74, 6) is -0.605. The lowest BCUT2D eigenvalue weighted by molar-refractivity contribution is -0.244. The molecule has 0 radical (unpaired) electrons. The monoisotopic (exact) mass is 353 g/mol. The fourth-order valence-electron chi connectivity index (χ4n) is 3.05. The zero-order valence-electron chi connectivity index (χ0n) is 14.5. The molecule has 0 unspecified atom stereocenters. The maximum absolute atomic E-state index is 10.6. The summed E-state index contributed by atoms with van der Waals surface area (Å²) >= 11 is 0. The lowest BCUT2D eigenvalue weighted by atomic mass is 9.92. The molecule has 0 saturated carbocycles. The molecule has 1 aliphatic rings. The highest BCUT2D eigenvalue weighted by atomic mass is 16.7. The first-order chi connectivity index (χ1) is 12.7. The lowest BCUT2D eigenvalue weighted by Crippen LogP contribution is -2.30. The van der Waals surface area contributed by atoms with E-state index in [2.05, 4.69) is 17.1 Å². The number of pyridine rings is 1. The number of ether oxygens (including phenoxy) is 2. The molecule has 1 aromatic carbocycles. The van der Waals surface area contributed by atoms with Gasteiger partial charge in [-0.25, -0.2) is 0 Å². The highest BCUT2D eigenvalue weighted by Gasteiger charge is 2.33. The van der Waals surface area contributed by atoms with E-state index in [1.54, 1.807) is 12.4 Å². The highest BCUT2D eigenvalue weighted by Crippen LogP contribution is 2.39. The van der Waals surface area contributed by atoms with Gasteiger partial charge in [-0.2, -0.15) is 0 Å². The number of rotatable bonds is 7. The Kier molecular flexibility index (Phi) is 6.52. The van der Waals surface area contributed by atoms with E-state index >= 15 is 0 Å². The molecule has 3 rings (SSSR count). The standard InChI is InChI=1S/C21H23NO4/c23-19(24)12-6-2-5-10-18-15-25-21(17-11-7-13-22-14-17)26-20(18)16-8-3-1-4-9-16/h1-5,7-9,11,13-14,18,20-21H,6,10,12,15H2,(H,23,24)/b5-2+/t18-,20-,21+/m1/s1. The van der Waals surface area contributed by atoms with Crippen LogP contribution in [0.15, 0.2) is 67.0 Å². The molecule has 2 aromatic rings. The molecule has 0 aliphatic carbocycles. The number of carbonyl (C=O) groups is 1. The number of aromatic nitrogens is 1.